The molecule has 0 unspecified atom stereocenters. The van der Waals surface area contributed by atoms with Crippen LogP contribution in [0.25, 0.3) is 0 Å². The number of amides is 2. The molecule has 7 rings (SSSR count). The van der Waals surface area contributed by atoms with Gasteiger partial charge in [0.05, 0.1) is 36.3 Å². The van der Waals surface area contributed by atoms with Crippen LogP contribution < -0.4 is 14.4 Å². The highest BCUT2D eigenvalue weighted by Crippen LogP contribution is 2.50. The molecule has 2 aromatic rings. The first-order valence-corrected chi connectivity index (χ1v) is 21.7. The maximum atomic E-state index is 13.7. The van der Waals surface area contributed by atoms with Crippen LogP contribution in [0.15, 0.2) is 36.4 Å². The number of aryl methyl sites for hydroxylation is 1. The van der Waals surface area contributed by atoms with E-state index in [1.165, 1.54) is 11.1 Å². The summed E-state index contributed by atoms with van der Waals surface area (Å²) in [7, 11) is -0.495. The molecule has 2 aliphatic carbocycles. The van der Waals surface area contributed by atoms with Crippen LogP contribution >= 0.6 is 11.6 Å². The van der Waals surface area contributed by atoms with Gasteiger partial charge in [-0.15, -0.1) is 0 Å². The van der Waals surface area contributed by atoms with Gasteiger partial charge >= 0.3 is 0 Å². The Labute approximate surface area is 326 Å². The SMILES string of the molecule is COCCN1CCN(C[C@]2(OC)CCC[C@H](C)[C@@H](C)S(=O)(=O)NC(=O)c3ccc4c(c3)N(C[C@@H]3CC[C@H]32)C[C@@]2(CCCc3cc(Cl)ccc32)CO4)CC1=O. The lowest BCUT2D eigenvalue weighted by atomic mass is 9.62. The molecule has 2 fully saturated rings. The van der Waals surface area contributed by atoms with Crippen molar-refractivity contribution in [1.82, 2.24) is 14.5 Å². The van der Waals surface area contributed by atoms with Gasteiger partial charge in [0.1, 0.15) is 5.75 Å². The number of nitrogens with zero attached hydrogens (tertiary/aromatic N) is 3. The van der Waals surface area contributed by atoms with Crippen molar-refractivity contribution in [3.8, 4) is 5.75 Å². The van der Waals surface area contributed by atoms with Crippen LogP contribution in [0, 0.1) is 17.8 Å². The highest BCUT2D eigenvalue weighted by atomic mass is 35.5. The summed E-state index contributed by atoms with van der Waals surface area (Å²) in [6.07, 6.45) is 7.14. The topological polar surface area (TPSA) is 118 Å². The van der Waals surface area contributed by atoms with E-state index in [0.717, 1.165) is 68.7 Å². The summed E-state index contributed by atoms with van der Waals surface area (Å²) in [5.41, 5.74) is 2.78. The Bertz CT molecular complexity index is 1830. The lowest BCUT2D eigenvalue weighted by Crippen LogP contribution is -2.60. The summed E-state index contributed by atoms with van der Waals surface area (Å²) in [5, 5.41) is -0.0461. The fourth-order valence-corrected chi connectivity index (χ4v) is 11.5. The van der Waals surface area contributed by atoms with Gasteiger partial charge in [-0.3, -0.25) is 14.5 Å². The predicted octanol–water partition coefficient (Wildman–Crippen LogP) is 5.28. The molecule has 1 saturated heterocycles. The van der Waals surface area contributed by atoms with E-state index < -0.39 is 26.8 Å². The average Bonchev–Trinajstić information content (AvgIpc) is 3.28. The second-order valence-corrected chi connectivity index (χ2v) is 19.1. The van der Waals surface area contributed by atoms with E-state index in [2.05, 4.69) is 26.7 Å². The maximum absolute atomic E-state index is 13.7. The Morgan fingerprint density at radius 2 is 1.85 bits per heavy atom. The van der Waals surface area contributed by atoms with Gasteiger partial charge < -0.3 is 24.0 Å². The van der Waals surface area contributed by atoms with Crippen molar-refractivity contribution >= 4 is 39.1 Å². The van der Waals surface area contributed by atoms with Crippen molar-refractivity contribution in [2.75, 3.05) is 78.1 Å². The molecule has 13 heteroatoms. The Hall–Kier alpha value is -2.90. The number of hydrogen-bond acceptors (Lipinski definition) is 9. The van der Waals surface area contributed by atoms with Crippen LogP contribution in [0.2, 0.25) is 5.02 Å². The van der Waals surface area contributed by atoms with Gasteiger partial charge in [0.2, 0.25) is 15.9 Å². The number of fused-ring (bicyclic) bond motifs is 4. The number of carbonyl (C=O) groups is 2. The molecule has 5 aliphatic rings. The smallest absolute Gasteiger partial charge is 0.264 e. The number of sulfonamides is 1. The fourth-order valence-electron chi connectivity index (χ4n) is 9.97. The third kappa shape index (κ3) is 7.75. The molecule has 2 amide bonds. The van der Waals surface area contributed by atoms with Gasteiger partial charge in [0, 0.05) is 69.5 Å². The molecule has 1 spiro atoms. The Morgan fingerprint density at radius 1 is 1.02 bits per heavy atom. The van der Waals surface area contributed by atoms with Crippen molar-refractivity contribution in [1.29, 1.82) is 0 Å². The molecule has 2 aromatic carbocycles. The number of anilines is 1. The minimum atomic E-state index is -3.97. The Morgan fingerprint density at radius 3 is 2.59 bits per heavy atom. The van der Waals surface area contributed by atoms with E-state index in [1.54, 1.807) is 20.1 Å². The first-order valence-electron chi connectivity index (χ1n) is 19.8. The summed E-state index contributed by atoms with van der Waals surface area (Å²) in [6.45, 7) is 9.02. The van der Waals surface area contributed by atoms with Gasteiger partial charge in [0.25, 0.3) is 5.91 Å². The van der Waals surface area contributed by atoms with Crippen LogP contribution in [0.5, 0.6) is 5.75 Å². The standard InChI is InChI=1S/C41H57ClN4O7S/c1-28-7-5-16-41(52-4,26-44-17-18-45(19-20-51-3)38(47)24-44)35-12-9-32(35)23-46-25-40(15-6-8-30-21-33(42)11-13-34(30)40)27-53-37-14-10-31(22-36(37)46)39(48)43-54(49,50)29(28)2/h10-11,13-14,21-22,28-29,32,35H,5-9,12,15-20,23-27H2,1-4H3,(H,43,48)/t28-,29+,32-,35+,40-,41+/m0/s1. The predicted molar refractivity (Wildman–Crippen MR) is 210 cm³/mol. The summed E-state index contributed by atoms with van der Waals surface area (Å²) < 4.78 is 48.3. The summed E-state index contributed by atoms with van der Waals surface area (Å²) in [4.78, 5) is 33.5. The van der Waals surface area contributed by atoms with Crippen molar-refractivity contribution in [2.45, 2.75) is 81.5 Å². The second-order valence-electron chi connectivity index (χ2n) is 16.6. The molecule has 54 heavy (non-hydrogen) atoms. The van der Waals surface area contributed by atoms with E-state index in [4.69, 9.17) is 25.8 Å². The van der Waals surface area contributed by atoms with Crippen LogP contribution in [-0.4, -0.2) is 114 Å². The van der Waals surface area contributed by atoms with Crippen molar-refractivity contribution in [3.63, 3.8) is 0 Å². The first kappa shape index (κ1) is 39.3. The van der Waals surface area contributed by atoms with Gasteiger partial charge in [-0.05, 0) is 111 Å². The van der Waals surface area contributed by atoms with Crippen molar-refractivity contribution in [2.24, 2.45) is 17.8 Å². The Kier molecular flexibility index (Phi) is 11.6. The average molecular weight is 785 g/mol. The summed E-state index contributed by atoms with van der Waals surface area (Å²) >= 11 is 6.50. The zero-order valence-corrected chi connectivity index (χ0v) is 33.9. The number of ether oxygens (including phenoxy) is 3. The lowest BCUT2D eigenvalue weighted by Gasteiger charge is -2.53. The summed E-state index contributed by atoms with van der Waals surface area (Å²) in [5.74, 6) is 0.490. The molecule has 296 valence electrons. The van der Waals surface area contributed by atoms with E-state index in [9.17, 15) is 18.0 Å². The first-order chi connectivity index (χ1) is 25.9. The van der Waals surface area contributed by atoms with Gasteiger partial charge in [-0.25, -0.2) is 13.1 Å². The normalized spacial score (nSPS) is 31.8. The number of halogens is 1. The van der Waals surface area contributed by atoms with Crippen LogP contribution in [-0.2, 0) is 36.1 Å². The number of nitrogens with one attached hydrogen (secondary N) is 1. The molecule has 3 aliphatic heterocycles. The van der Waals surface area contributed by atoms with Gasteiger partial charge in [0.15, 0.2) is 0 Å². The van der Waals surface area contributed by atoms with E-state index in [0.29, 0.717) is 64.0 Å². The van der Waals surface area contributed by atoms with Crippen LogP contribution in [0.4, 0.5) is 5.69 Å². The van der Waals surface area contributed by atoms with E-state index in [1.807, 2.05) is 37.1 Å². The number of rotatable bonds is 6. The lowest BCUT2D eigenvalue weighted by molar-refractivity contribution is -0.148. The molecule has 1 saturated carbocycles. The number of hydrogen-bond donors (Lipinski definition) is 1. The molecule has 1 N–H and O–H groups in total. The van der Waals surface area contributed by atoms with Crippen LogP contribution in [0.1, 0.15) is 80.3 Å². The molecular weight excluding hydrogens is 728 g/mol. The zero-order chi connectivity index (χ0) is 38.3. The number of carbonyl (C=O) groups excluding carboxylic acids is 2. The fraction of sp³-hybridized carbons (Fsp3) is 0.659. The van der Waals surface area contributed by atoms with Crippen molar-refractivity contribution < 1.29 is 32.2 Å². The molecule has 0 radical (unpaired) electrons. The third-order valence-electron chi connectivity index (χ3n) is 13.5. The molecular formula is C41H57ClN4O7S. The maximum Gasteiger partial charge on any atom is 0.264 e. The second kappa shape index (κ2) is 15.9. The van der Waals surface area contributed by atoms with E-state index >= 15 is 0 Å². The van der Waals surface area contributed by atoms with Crippen molar-refractivity contribution in [3.05, 3.63) is 58.1 Å². The third-order valence-corrected chi connectivity index (χ3v) is 15.6. The van der Waals surface area contributed by atoms with Gasteiger partial charge in [-0.2, -0.15) is 0 Å². The minimum absolute atomic E-state index is 0.106. The van der Waals surface area contributed by atoms with Crippen LogP contribution in [0.3, 0.4) is 0 Å². The molecule has 3 heterocycles. The monoisotopic (exact) mass is 784 g/mol. The molecule has 2 bridgehead atoms. The quantitative estimate of drug-likeness (QED) is 0.418. The highest BCUT2D eigenvalue weighted by molar-refractivity contribution is 7.90. The minimum Gasteiger partial charge on any atom is -0.490 e. The largest absolute Gasteiger partial charge is 0.490 e. The number of benzene rings is 2. The molecule has 0 aromatic heterocycles. The summed E-state index contributed by atoms with van der Waals surface area (Å²) in [6, 6.07) is 11.5. The zero-order valence-electron chi connectivity index (χ0n) is 32.3. The highest BCUT2D eigenvalue weighted by Gasteiger charge is 2.51. The number of methoxy groups -OCH3 is 2. The number of piperazine rings is 1. The Balaban J connectivity index is 1.26. The molecule has 11 nitrogen and oxygen atoms in total. The van der Waals surface area contributed by atoms with E-state index in [-0.39, 0.29) is 28.7 Å². The molecule has 6 atom stereocenters. The van der Waals surface area contributed by atoms with Gasteiger partial charge in [-0.1, -0.05) is 31.0 Å².